The number of carbonyl (C=O) groups is 1. The van der Waals surface area contributed by atoms with Gasteiger partial charge in [-0.15, -0.1) is 0 Å². The number of hydrogen-bond acceptors (Lipinski definition) is 4. The zero-order chi connectivity index (χ0) is 23.1. The predicted octanol–water partition coefficient (Wildman–Crippen LogP) is 6.57. The normalized spacial score (nSPS) is 18.1. The second kappa shape index (κ2) is 11.0. The molecule has 0 heterocycles. The molecule has 1 fully saturated rings. The minimum atomic E-state index is -1.30. The van der Waals surface area contributed by atoms with Crippen LogP contribution in [0, 0.1) is 40.6 Å². The van der Waals surface area contributed by atoms with Gasteiger partial charge in [0.15, 0.2) is 0 Å². The van der Waals surface area contributed by atoms with Gasteiger partial charge in [0.05, 0.1) is 12.2 Å². The molecule has 0 aliphatic heterocycles. The summed E-state index contributed by atoms with van der Waals surface area (Å²) in [6, 6.07) is 6.62. The Balaban J connectivity index is 1.58. The van der Waals surface area contributed by atoms with Crippen molar-refractivity contribution in [2.75, 3.05) is 6.61 Å². The number of hydrogen-bond donors (Lipinski definition) is 0. The largest absolute Gasteiger partial charge is 0.493 e. The molecular weight excluding hydrogens is 419 g/mol. The van der Waals surface area contributed by atoms with Crippen LogP contribution in [0.4, 0.5) is 13.2 Å². The summed E-state index contributed by atoms with van der Waals surface area (Å²) >= 11 is 0. The molecule has 2 aromatic carbocycles. The molecular formula is C25H26F3NO3. The molecule has 0 N–H and O–H groups in total. The number of nitrogens with zero attached hydrogens (tertiary/aromatic N) is 1. The van der Waals surface area contributed by atoms with E-state index in [0.29, 0.717) is 12.5 Å². The van der Waals surface area contributed by atoms with Crippen LogP contribution in [0.15, 0.2) is 30.3 Å². The maximum Gasteiger partial charge on any atom is 0.349 e. The Morgan fingerprint density at radius 2 is 1.62 bits per heavy atom. The number of halogens is 3. The number of benzene rings is 2. The number of rotatable bonds is 8. The van der Waals surface area contributed by atoms with Gasteiger partial charge in [0.2, 0.25) is 0 Å². The first-order valence-corrected chi connectivity index (χ1v) is 10.9. The summed E-state index contributed by atoms with van der Waals surface area (Å²) in [5.74, 6) is -3.60. The molecule has 1 saturated carbocycles. The van der Waals surface area contributed by atoms with Gasteiger partial charge < -0.3 is 9.47 Å². The zero-order valence-electron chi connectivity index (χ0n) is 18.0. The van der Waals surface area contributed by atoms with E-state index in [0.717, 1.165) is 55.9 Å². The van der Waals surface area contributed by atoms with E-state index in [9.17, 15) is 18.0 Å². The first-order valence-electron chi connectivity index (χ1n) is 10.9. The number of carbonyl (C=O) groups excluding carboxylic acids is 1. The molecule has 3 rings (SSSR count). The topological polar surface area (TPSA) is 59.3 Å². The first kappa shape index (κ1) is 23.6. The number of unbranched alkanes of at least 4 members (excludes halogenated alkanes) is 1. The van der Waals surface area contributed by atoms with Crippen molar-refractivity contribution in [3.63, 3.8) is 0 Å². The Hall–Kier alpha value is -3.01. The smallest absolute Gasteiger partial charge is 0.349 e. The van der Waals surface area contributed by atoms with Crippen LogP contribution in [0.2, 0.25) is 0 Å². The molecule has 7 heteroatoms. The summed E-state index contributed by atoms with van der Waals surface area (Å²) in [5.41, 5.74) is -1.13. The van der Waals surface area contributed by atoms with Crippen LogP contribution in [0.25, 0.3) is 0 Å². The third-order valence-corrected chi connectivity index (χ3v) is 5.91. The minimum absolute atomic E-state index is 0.00840. The molecule has 0 atom stereocenters. The van der Waals surface area contributed by atoms with E-state index in [1.54, 1.807) is 6.07 Å². The fraction of sp³-hybridized carbons (Fsp3) is 0.440. The van der Waals surface area contributed by atoms with Crippen molar-refractivity contribution in [2.45, 2.75) is 51.9 Å². The van der Waals surface area contributed by atoms with E-state index in [4.69, 9.17) is 14.7 Å². The Bertz CT molecular complexity index is 971. The van der Waals surface area contributed by atoms with E-state index in [2.05, 4.69) is 6.92 Å². The molecule has 4 nitrogen and oxygen atoms in total. The van der Waals surface area contributed by atoms with Crippen molar-refractivity contribution in [2.24, 2.45) is 11.8 Å². The van der Waals surface area contributed by atoms with Gasteiger partial charge >= 0.3 is 5.97 Å². The van der Waals surface area contributed by atoms with Gasteiger partial charge in [-0.2, -0.15) is 5.26 Å². The summed E-state index contributed by atoms with van der Waals surface area (Å²) in [6.07, 6.45) is 8.07. The SMILES string of the molecule is CCCC[C@H]1CC[C@H](COc2cc(F)c(C(=O)Oc3ccc(C#N)c(F)c3)c(F)c2)CC1. The third kappa shape index (κ3) is 6.03. The van der Waals surface area contributed by atoms with E-state index in [1.165, 1.54) is 25.3 Å². The van der Waals surface area contributed by atoms with Gasteiger partial charge in [-0.25, -0.2) is 18.0 Å². The Morgan fingerprint density at radius 1 is 1.00 bits per heavy atom. The van der Waals surface area contributed by atoms with Crippen molar-refractivity contribution in [3.05, 3.63) is 58.9 Å². The third-order valence-electron chi connectivity index (χ3n) is 5.91. The average Bonchev–Trinajstić information content (AvgIpc) is 2.76. The highest BCUT2D eigenvalue weighted by atomic mass is 19.1. The molecule has 0 spiro atoms. The van der Waals surface area contributed by atoms with Gasteiger partial charge in [-0.3, -0.25) is 0 Å². The van der Waals surface area contributed by atoms with Crippen LogP contribution in [0.5, 0.6) is 11.5 Å². The molecule has 1 aliphatic carbocycles. The van der Waals surface area contributed by atoms with E-state index < -0.39 is 29.0 Å². The molecule has 0 bridgehead atoms. The van der Waals surface area contributed by atoms with Crippen LogP contribution in [-0.2, 0) is 0 Å². The standard InChI is InChI=1S/C25H26F3NO3/c1-2-3-4-16-5-7-17(8-6-16)15-31-20-12-22(27)24(23(28)13-20)25(30)32-19-10-9-18(14-29)21(26)11-19/h9-13,16-17H,2-8,15H2,1H3/t16-,17-. The van der Waals surface area contributed by atoms with Crippen molar-refractivity contribution in [1.29, 1.82) is 5.26 Å². The lowest BCUT2D eigenvalue weighted by Gasteiger charge is -2.28. The Morgan fingerprint density at radius 3 is 2.22 bits per heavy atom. The van der Waals surface area contributed by atoms with Gasteiger partial charge in [0.25, 0.3) is 0 Å². The highest BCUT2D eigenvalue weighted by Gasteiger charge is 2.24. The first-order chi connectivity index (χ1) is 15.4. The van der Waals surface area contributed by atoms with Crippen LogP contribution in [-0.4, -0.2) is 12.6 Å². The summed E-state index contributed by atoms with van der Waals surface area (Å²) in [5, 5.41) is 8.73. The molecule has 0 radical (unpaired) electrons. The fourth-order valence-corrected chi connectivity index (χ4v) is 4.03. The van der Waals surface area contributed by atoms with E-state index >= 15 is 0 Å². The summed E-state index contributed by atoms with van der Waals surface area (Å²) < 4.78 is 53.0. The van der Waals surface area contributed by atoms with Gasteiger partial charge in [-0.05, 0) is 36.8 Å². The average molecular weight is 445 g/mol. The lowest BCUT2D eigenvalue weighted by molar-refractivity contribution is 0.0724. The lowest BCUT2D eigenvalue weighted by atomic mass is 9.80. The molecule has 0 unspecified atom stereocenters. The van der Waals surface area contributed by atoms with Crippen LogP contribution >= 0.6 is 0 Å². The summed E-state index contributed by atoms with van der Waals surface area (Å²) in [4.78, 5) is 12.2. The maximum absolute atomic E-state index is 14.5. The highest BCUT2D eigenvalue weighted by molar-refractivity contribution is 5.91. The van der Waals surface area contributed by atoms with Crippen molar-refractivity contribution >= 4 is 5.97 Å². The molecule has 1 aliphatic rings. The van der Waals surface area contributed by atoms with Crippen LogP contribution in [0.3, 0.4) is 0 Å². The van der Waals surface area contributed by atoms with Gasteiger partial charge in [-0.1, -0.05) is 39.0 Å². The summed E-state index contributed by atoms with van der Waals surface area (Å²) in [7, 11) is 0. The fourth-order valence-electron chi connectivity index (χ4n) is 4.03. The molecule has 32 heavy (non-hydrogen) atoms. The van der Waals surface area contributed by atoms with Gasteiger partial charge in [0, 0.05) is 18.2 Å². The maximum atomic E-state index is 14.5. The molecule has 0 amide bonds. The second-order valence-electron chi connectivity index (χ2n) is 8.24. The second-order valence-corrected chi connectivity index (χ2v) is 8.24. The number of ether oxygens (including phenoxy) is 2. The highest BCUT2D eigenvalue weighted by Crippen LogP contribution is 2.32. The van der Waals surface area contributed by atoms with Crippen molar-refractivity contribution in [3.8, 4) is 17.6 Å². The molecule has 170 valence electrons. The Kier molecular flexibility index (Phi) is 8.15. The quantitative estimate of drug-likeness (QED) is 0.341. The van der Waals surface area contributed by atoms with E-state index in [-0.39, 0.29) is 17.1 Å². The van der Waals surface area contributed by atoms with Crippen LogP contribution in [0.1, 0.15) is 67.8 Å². The van der Waals surface area contributed by atoms with Crippen molar-refractivity contribution in [1.82, 2.24) is 0 Å². The molecule has 0 saturated heterocycles. The predicted molar refractivity (Wildman–Crippen MR) is 113 cm³/mol. The molecule has 0 aromatic heterocycles. The monoisotopic (exact) mass is 445 g/mol. The lowest BCUT2D eigenvalue weighted by Crippen LogP contribution is -2.20. The van der Waals surface area contributed by atoms with Gasteiger partial charge in [0.1, 0.15) is 40.6 Å². The summed E-state index contributed by atoms with van der Waals surface area (Å²) in [6.45, 7) is 2.56. The number of esters is 1. The molecule has 2 aromatic rings. The van der Waals surface area contributed by atoms with Crippen molar-refractivity contribution < 1.29 is 27.4 Å². The zero-order valence-corrected chi connectivity index (χ0v) is 18.0. The number of nitriles is 1. The van der Waals surface area contributed by atoms with E-state index in [1.807, 2.05) is 0 Å². The Labute approximate surface area is 186 Å². The van der Waals surface area contributed by atoms with Crippen LogP contribution < -0.4 is 9.47 Å². The minimum Gasteiger partial charge on any atom is -0.493 e.